The van der Waals surface area contributed by atoms with Crippen LogP contribution in [0.5, 0.6) is 0 Å². The third-order valence-corrected chi connectivity index (χ3v) is 4.20. The molecule has 0 aliphatic rings. The molecule has 1 aromatic carbocycles. The lowest BCUT2D eigenvalue weighted by Crippen LogP contribution is -2.20. The van der Waals surface area contributed by atoms with Crippen LogP contribution in [0.2, 0.25) is 0 Å². The zero-order valence-electron chi connectivity index (χ0n) is 9.13. The molecular weight excluding hydrogens is 293 g/mol. The van der Waals surface area contributed by atoms with Crippen molar-refractivity contribution in [2.75, 3.05) is 18.1 Å². The van der Waals surface area contributed by atoms with Gasteiger partial charge in [0.05, 0.1) is 0 Å². The van der Waals surface area contributed by atoms with Gasteiger partial charge in [-0.2, -0.15) is 0 Å². The van der Waals surface area contributed by atoms with Crippen molar-refractivity contribution in [1.82, 2.24) is 5.32 Å². The monoisotopic (exact) mass is 307 g/mol. The van der Waals surface area contributed by atoms with Gasteiger partial charge in [0.1, 0.15) is 5.82 Å². The van der Waals surface area contributed by atoms with E-state index in [-0.39, 0.29) is 5.82 Å². The minimum atomic E-state index is -0.728. The first-order valence-electron chi connectivity index (χ1n) is 5.13. The summed E-state index contributed by atoms with van der Waals surface area (Å²) in [5, 5.41) is 3.18. The van der Waals surface area contributed by atoms with Crippen molar-refractivity contribution < 1.29 is 8.60 Å². The van der Waals surface area contributed by atoms with E-state index in [4.69, 9.17) is 0 Å². The summed E-state index contributed by atoms with van der Waals surface area (Å²) in [6, 6.07) is 4.62. The second-order valence-electron chi connectivity index (χ2n) is 3.35. The van der Waals surface area contributed by atoms with Crippen LogP contribution >= 0.6 is 15.9 Å². The van der Waals surface area contributed by atoms with Gasteiger partial charge in [0.2, 0.25) is 0 Å². The molecule has 0 fully saturated rings. The van der Waals surface area contributed by atoms with Crippen molar-refractivity contribution in [2.24, 2.45) is 0 Å². The first kappa shape index (κ1) is 13.8. The van der Waals surface area contributed by atoms with Crippen LogP contribution in [0.4, 0.5) is 4.39 Å². The van der Waals surface area contributed by atoms with Crippen molar-refractivity contribution >= 4 is 26.7 Å². The van der Waals surface area contributed by atoms with E-state index in [0.717, 1.165) is 10.0 Å². The first-order valence-corrected chi connectivity index (χ1v) is 7.41. The van der Waals surface area contributed by atoms with Gasteiger partial charge in [0.15, 0.2) is 0 Å². The Balaban J connectivity index is 2.35. The Kier molecular flexibility index (Phi) is 6.16. The topological polar surface area (TPSA) is 29.1 Å². The highest BCUT2D eigenvalue weighted by Gasteiger charge is 2.01. The van der Waals surface area contributed by atoms with Crippen molar-refractivity contribution in [1.29, 1.82) is 0 Å². The summed E-state index contributed by atoms with van der Waals surface area (Å²) in [6.45, 7) is 3.28. The fourth-order valence-electron chi connectivity index (χ4n) is 1.22. The van der Waals surface area contributed by atoms with Crippen LogP contribution in [0, 0.1) is 5.82 Å². The van der Waals surface area contributed by atoms with Crippen LogP contribution in [0.1, 0.15) is 12.5 Å². The zero-order valence-corrected chi connectivity index (χ0v) is 11.5. The molecule has 0 saturated heterocycles. The lowest BCUT2D eigenvalue weighted by molar-refractivity contribution is 0.624. The molecule has 0 radical (unpaired) electrons. The maximum atomic E-state index is 12.8. The van der Waals surface area contributed by atoms with Crippen LogP contribution in [0.3, 0.4) is 0 Å². The van der Waals surface area contributed by atoms with Crippen molar-refractivity contribution in [2.45, 2.75) is 13.5 Å². The van der Waals surface area contributed by atoms with E-state index in [1.807, 2.05) is 6.92 Å². The average molecular weight is 308 g/mol. The summed E-state index contributed by atoms with van der Waals surface area (Å²) in [7, 11) is -0.728. The number of halogens is 2. The van der Waals surface area contributed by atoms with E-state index in [1.165, 1.54) is 12.1 Å². The molecule has 1 N–H and O–H groups in total. The second kappa shape index (κ2) is 7.14. The predicted molar refractivity (Wildman–Crippen MR) is 69.4 cm³/mol. The normalized spacial score (nSPS) is 12.7. The first-order chi connectivity index (χ1) is 7.63. The van der Waals surface area contributed by atoms with Gasteiger partial charge in [0, 0.05) is 39.9 Å². The maximum Gasteiger partial charge on any atom is 0.124 e. The lowest BCUT2D eigenvalue weighted by Gasteiger charge is -2.06. The van der Waals surface area contributed by atoms with Gasteiger partial charge in [-0.3, -0.25) is 4.21 Å². The van der Waals surface area contributed by atoms with Crippen LogP contribution in [0.25, 0.3) is 0 Å². The van der Waals surface area contributed by atoms with E-state index < -0.39 is 10.8 Å². The Morgan fingerprint density at radius 3 is 2.88 bits per heavy atom. The molecular formula is C11H15BrFNOS. The molecule has 0 bridgehead atoms. The summed E-state index contributed by atoms with van der Waals surface area (Å²) in [5.74, 6) is 1.11. The highest BCUT2D eigenvalue weighted by Crippen LogP contribution is 2.17. The fraction of sp³-hybridized carbons (Fsp3) is 0.455. The molecule has 2 nitrogen and oxygen atoms in total. The van der Waals surface area contributed by atoms with Gasteiger partial charge in [0.25, 0.3) is 0 Å². The number of hydrogen-bond acceptors (Lipinski definition) is 2. The summed E-state index contributed by atoms with van der Waals surface area (Å²) < 4.78 is 24.7. The quantitative estimate of drug-likeness (QED) is 0.818. The van der Waals surface area contributed by atoms with Crippen LogP contribution < -0.4 is 5.32 Å². The number of nitrogens with one attached hydrogen (secondary N) is 1. The number of hydrogen-bond donors (Lipinski definition) is 1. The molecule has 0 aromatic heterocycles. The summed E-state index contributed by atoms with van der Waals surface area (Å²) in [5.41, 5.74) is 1.00. The van der Waals surface area contributed by atoms with E-state index in [9.17, 15) is 8.60 Å². The minimum absolute atomic E-state index is 0.247. The fourth-order valence-corrected chi connectivity index (χ4v) is 2.37. The van der Waals surface area contributed by atoms with Gasteiger partial charge >= 0.3 is 0 Å². The minimum Gasteiger partial charge on any atom is -0.312 e. The number of rotatable bonds is 6. The summed E-state index contributed by atoms with van der Waals surface area (Å²) in [6.07, 6.45) is 0. The van der Waals surface area contributed by atoms with E-state index >= 15 is 0 Å². The third kappa shape index (κ3) is 4.72. The van der Waals surface area contributed by atoms with E-state index in [2.05, 4.69) is 21.2 Å². The molecule has 16 heavy (non-hydrogen) atoms. The zero-order chi connectivity index (χ0) is 12.0. The van der Waals surface area contributed by atoms with Crippen LogP contribution in [-0.4, -0.2) is 22.3 Å². The highest BCUT2D eigenvalue weighted by atomic mass is 79.9. The largest absolute Gasteiger partial charge is 0.312 e. The Bertz CT molecular complexity index is 373. The van der Waals surface area contributed by atoms with Crippen LogP contribution in [0.15, 0.2) is 22.7 Å². The highest BCUT2D eigenvalue weighted by molar-refractivity contribution is 9.10. The van der Waals surface area contributed by atoms with Gasteiger partial charge in [-0.15, -0.1) is 0 Å². The van der Waals surface area contributed by atoms with Crippen molar-refractivity contribution in [3.63, 3.8) is 0 Å². The molecule has 0 amide bonds. The number of benzene rings is 1. The Morgan fingerprint density at radius 1 is 1.50 bits per heavy atom. The molecule has 5 heteroatoms. The lowest BCUT2D eigenvalue weighted by atomic mass is 10.2. The van der Waals surface area contributed by atoms with Crippen LogP contribution in [-0.2, 0) is 17.3 Å². The smallest absolute Gasteiger partial charge is 0.124 e. The molecule has 1 unspecified atom stereocenters. The van der Waals surface area contributed by atoms with Crippen molar-refractivity contribution in [3.8, 4) is 0 Å². The molecule has 1 atom stereocenters. The maximum absolute atomic E-state index is 12.8. The molecule has 0 spiro atoms. The van der Waals surface area contributed by atoms with E-state index in [0.29, 0.717) is 24.6 Å². The molecule has 1 rings (SSSR count). The van der Waals surface area contributed by atoms with Gasteiger partial charge in [-0.1, -0.05) is 28.9 Å². The molecule has 0 aliphatic carbocycles. The molecule has 90 valence electrons. The summed E-state index contributed by atoms with van der Waals surface area (Å²) in [4.78, 5) is 0. The SMILES string of the molecule is CCS(=O)CCNCc1ccc(F)cc1Br. The third-order valence-electron chi connectivity index (χ3n) is 2.16. The van der Waals surface area contributed by atoms with Crippen molar-refractivity contribution in [3.05, 3.63) is 34.1 Å². The molecule has 1 aromatic rings. The van der Waals surface area contributed by atoms with E-state index in [1.54, 1.807) is 6.07 Å². The Hall–Kier alpha value is -0.260. The average Bonchev–Trinajstić information content (AvgIpc) is 2.26. The Labute approximate surface area is 106 Å². The molecule has 0 aliphatic heterocycles. The molecule has 0 saturated carbocycles. The standard InChI is InChI=1S/C11H15BrFNOS/c1-2-16(15)6-5-14-8-9-3-4-10(13)7-11(9)12/h3-4,7,14H,2,5-6,8H2,1H3. The molecule has 0 heterocycles. The second-order valence-corrected chi connectivity index (χ2v) is 6.06. The predicted octanol–water partition coefficient (Wildman–Crippen LogP) is 2.45. The summed E-state index contributed by atoms with van der Waals surface area (Å²) >= 11 is 3.30. The Morgan fingerprint density at radius 2 is 2.25 bits per heavy atom. The van der Waals surface area contributed by atoms with Gasteiger partial charge in [-0.05, 0) is 17.7 Å². The van der Waals surface area contributed by atoms with Gasteiger partial charge in [-0.25, -0.2) is 4.39 Å². The van der Waals surface area contributed by atoms with Gasteiger partial charge < -0.3 is 5.32 Å².